The van der Waals surface area contributed by atoms with Crippen LogP contribution in [0, 0.1) is 0 Å². The van der Waals surface area contributed by atoms with E-state index >= 15 is 0 Å². The van der Waals surface area contributed by atoms with Crippen LogP contribution in [-0.2, 0) is 0 Å². The van der Waals surface area contributed by atoms with Gasteiger partial charge in [-0.15, -0.1) is 0 Å². The van der Waals surface area contributed by atoms with E-state index in [0.29, 0.717) is 5.65 Å². The summed E-state index contributed by atoms with van der Waals surface area (Å²) < 4.78 is 0. The molecule has 102 valence electrons. The van der Waals surface area contributed by atoms with Gasteiger partial charge >= 0.3 is 0 Å². The third kappa shape index (κ3) is 2.76. The topological polar surface area (TPSA) is 95.7 Å². The van der Waals surface area contributed by atoms with Gasteiger partial charge in [0.15, 0.2) is 5.65 Å². The number of nitrogens with zero attached hydrogens (tertiary/aromatic N) is 4. The molecule has 3 heterocycles. The van der Waals surface area contributed by atoms with Gasteiger partial charge < -0.3 is 16.0 Å². The first-order valence-corrected chi connectivity index (χ1v) is 6.76. The van der Waals surface area contributed by atoms with Crippen LogP contribution >= 0.6 is 0 Å². The molecule has 0 aliphatic carbocycles. The number of fused-ring (bicyclic) bond motifs is 1. The Balaban J connectivity index is 1.57. The third-order valence-corrected chi connectivity index (χ3v) is 3.47. The number of nitrogen functional groups attached to an aromatic ring is 1. The minimum atomic E-state index is 0.263. The first kappa shape index (κ1) is 12.2. The van der Waals surface area contributed by atoms with Gasteiger partial charge in [-0.25, -0.2) is 0 Å². The number of hydrogen-bond acceptors (Lipinski definition) is 6. The number of rotatable bonds is 5. The number of aromatic amines is 1. The van der Waals surface area contributed by atoms with Crippen LogP contribution in [0.25, 0.3) is 11.0 Å². The summed E-state index contributed by atoms with van der Waals surface area (Å²) >= 11 is 0. The van der Waals surface area contributed by atoms with Crippen LogP contribution in [0.5, 0.6) is 0 Å². The summed E-state index contributed by atoms with van der Waals surface area (Å²) in [7, 11) is 0. The molecule has 0 spiro atoms. The Hall–Kier alpha value is -1.89. The summed E-state index contributed by atoms with van der Waals surface area (Å²) in [6.45, 7) is 4.51. The highest BCUT2D eigenvalue weighted by molar-refractivity contribution is 5.86. The molecular formula is C12H19N7. The zero-order valence-corrected chi connectivity index (χ0v) is 10.9. The summed E-state index contributed by atoms with van der Waals surface area (Å²) in [6, 6.07) is 0. The first-order valence-electron chi connectivity index (χ1n) is 6.76. The minimum Gasteiger partial charge on any atom is -0.369 e. The molecule has 0 atom stereocenters. The average Bonchev–Trinajstić information content (AvgIpc) is 3.04. The van der Waals surface area contributed by atoms with Crippen LogP contribution in [0.3, 0.4) is 0 Å². The minimum absolute atomic E-state index is 0.263. The summed E-state index contributed by atoms with van der Waals surface area (Å²) in [5, 5.41) is 11.0. The van der Waals surface area contributed by atoms with Crippen molar-refractivity contribution in [3.63, 3.8) is 0 Å². The molecule has 4 N–H and O–H groups in total. The van der Waals surface area contributed by atoms with Crippen LogP contribution in [-0.4, -0.2) is 51.2 Å². The number of H-pyrrole nitrogens is 1. The molecule has 2 aromatic rings. The van der Waals surface area contributed by atoms with Crippen molar-refractivity contribution in [1.29, 1.82) is 0 Å². The quantitative estimate of drug-likeness (QED) is 0.690. The molecule has 0 radical (unpaired) electrons. The molecule has 1 fully saturated rings. The monoisotopic (exact) mass is 261 g/mol. The second-order valence-electron chi connectivity index (χ2n) is 4.89. The molecule has 2 aromatic heterocycles. The lowest BCUT2D eigenvalue weighted by atomic mass is 10.3. The molecule has 19 heavy (non-hydrogen) atoms. The fourth-order valence-electron chi connectivity index (χ4n) is 2.50. The zero-order valence-electron chi connectivity index (χ0n) is 10.9. The van der Waals surface area contributed by atoms with Crippen molar-refractivity contribution in [3.8, 4) is 0 Å². The third-order valence-electron chi connectivity index (χ3n) is 3.47. The van der Waals surface area contributed by atoms with E-state index in [1.807, 2.05) is 0 Å². The lowest BCUT2D eigenvalue weighted by Gasteiger charge is -2.14. The van der Waals surface area contributed by atoms with Crippen LogP contribution in [0.1, 0.15) is 19.3 Å². The van der Waals surface area contributed by atoms with Gasteiger partial charge in [-0.3, -0.25) is 5.10 Å². The fourth-order valence-corrected chi connectivity index (χ4v) is 2.50. The molecule has 1 saturated heterocycles. The summed E-state index contributed by atoms with van der Waals surface area (Å²) in [5.74, 6) is 1.02. The molecule has 7 heteroatoms. The maximum absolute atomic E-state index is 5.67. The Morgan fingerprint density at radius 1 is 1.32 bits per heavy atom. The molecule has 0 amide bonds. The average molecular weight is 261 g/mol. The van der Waals surface area contributed by atoms with Crippen LogP contribution in [0.4, 0.5) is 11.8 Å². The van der Waals surface area contributed by atoms with Crippen molar-refractivity contribution in [3.05, 3.63) is 6.20 Å². The van der Waals surface area contributed by atoms with Gasteiger partial charge in [-0.1, -0.05) is 0 Å². The lowest BCUT2D eigenvalue weighted by Crippen LogP contribution is -2.22. The second kappa shape index (κ2) is 5.40. The van der Waals surface area contributed by atoms with Gasteiger partial charge in [-0.05, 0) is 38.9 Å². The van der Waals surface area contributed by atoms with E-state index < -0.39 is 0 Å². The van der Waals surface area contributed by atoms with Crippen molar-refractivity contribution in [1.82, 2.24) is 25.1 Å². The van der Waals surface area contributed by atoms with Crippen LogP contribution in [0.15, 0.2) is 6.20 Å². The van der Waals surface area contributed by atoms with E-state index in [-0.39, 0.29) is 5.95 Å². The Bertz CT molecular complexity index is 544. The Labute approximate surface area is 111 Å². The first-order chi connectivity index (χ1) is 9.33. The molecule has 3 rings (SSSR count). The molecular weight excluding hydrogens is 242 g/mol. The van der Waals surface area contributed by atoms with E-state index in [9.17, 15) is 0 Å². The predicted octanol–water partition coefficient (Wildman–Crippen LogP) is 0.833. The number of likely N-dealkylation sites (tertiary alicyclic amines) is 1. The molecule has 1 aliphatic heterocycles. The number of nitrogens with two attached hydrogens (primary N) is 1. The fraction of sp³-hybridized carbons (Fsp3) is 0.583. The van der Waals surface area contributed by atoms with Gasteiger partial charge in [0.25, 0.3) is 0 Å². The zero-order chi connectivity index (χ0) is 13.1. The maximum atomic E-state index is 5.67. The normalized spacial score (nSPS) is 16.2. The van der Waals surface area contributed by atoms with Gasteiger partial charge in [0.05, 0.1) is 11.6 Å². The molecule has 7 nitrogen and oxygen atoms in total. The predicted molar refractivity (Wildman–Crippen MR) is 74.9 cm³/mol. The number of aromatic nitrogens is 4. The van der Waals surface area contributed by atoms with Crippen molar-refractivity contribution in [2.75, 3.05) is 37.2 Å². The van der Waals surface area contributed by atoms with Gasteiger partial charge in [0, 0.05) is 6.54 Å². The summed E-state index contributed by atoms with van der Waals surface area (Å²) in [4.78, 5) is 10.8. The highest BCUT2D eigenvalue weighted by atomic mass is 15.2. The number of hydrogen-bond donors (Lipinski definition) is 3. The lowest BCUT2D eigenvalue weighted by molar-refractivity contribution is 0.337. The van der Waals surface area contributed by atoms with Crippen molar-refractivity contribution in [2.24, 2.45) is 0 Å². The number of anilines is 2. The van der Waals surface area contributed by atoms with Crippen LogP contribution in [0.2, 0.25) is 0 Å². The molecule has 0 saturated carbocycles. The molecule has 0 unspecified atom stereocenters. The standard InChI is InChI=1S/C12H19N7/c13-12-16-10(9-8-15-18-11(9)17-12)14-4-3-7-19-5-1-2-6-19/h8H,1-7H2,(H4,13,14,15,16,17,18). The van der Waals surface area contributed by atoms with Crippen molar-refractivity contribution < 1.29 is 0 Å². The Morgan fingerprint density at radius 2 is 2.16 bits per heavy atom. The van der Waals surface area contributed by atoms with Crippen LogP contribution < -0.4 is 11.1 Å². The molecule has 0 bridgehead atoms. The van der Waals surface area contributed by atoms with Crippen molar-refractivity contribution >= 4 is 22.8 Å². The van der Waals surface area contributed by atoms with E-state index in [0.717, 1.165) is 30.7 Å². The van der Waals surface area contributed by atoms with E-state index in [4.69, 9.17) is 5.73 Å². The molecule has 0 aromatic carbocycles. The highest BCUT2D eigenvalue weighted by Gasteiger charge is 2.11. The largest absolute Gasteiger partial charge is 0.369 e. The van der Waals surface area contributed by atoms with Gasteiger partial charge in [0.1, 0.15) is 5.82 Å². The Morgan fingerprint density at radius 3 is 3.00 bits per heavy atom. The van der Waals surface area contributed by atoms with E-state index in [1.54, 1.807) is 6.20 Å². The summed E-state index contributed by atoms with van der Waals surface area (Å²) in [5.41, 5.74) is 6.34. The maximum Gasteiger partial charge on any atom is 0.224 e. The van der Waals surface area contributed by atoms with Crippen molar-refractivity contribution in [2.45, 2.75) is 19.3 Å². The Kier molecular flexibility index (Phi) is 3.45. The highest BCUT2D eigenvalue weighted by Crippen LogP contribution is 2.18. The summed E-state index contributed by atoms with van der Waals surface area (Å²) in [6.07, 6.45) is 5.50. The smallest absolute Gasteiger partial charge is 0.224 e. The van der Waals surface area contributed by atoms with E-state index in [1.165, 1.54) is 25.9 Å². The molecule has 1 aliphatic rings. The number of nitrogens with one attached hydrogen (secondary N) is 2. The van der Waals surface area contributed by atoms with Gasteiger partial charge in [0.2, 0.25) is 5.95 Å². The second-order valence-corrected chi connectivity index (χ2v) is 4.89. The SMILES string of the molecule is Nc1nc(NCCCN2CCCC2)c2cn[nH]c2n1. The van der Waals surface area contributed by atoms with E-state index in [2.05, 4.69) is 30.4 Å². The van der Waals surface area contributed by atoms with Gasteiger partial charge in [-0.2, -0.15) is 15.1 Å².